The van der Waals surface area contributed by atoms with Crippen molar-refractivity contribution in [3.63, 3.8) is 0 Å². The fourth-order valence-electron chi connectivity index (χ4n) is 2.85. The van der Waals surface area contributed by atoms with Gasteiger partial charge in [-0.15, -0.1) is 0 Å². The maximum atomic E-state index is 12.3. The van der Waals surface area contributed by atoms with Gasteiger partial charge in [0.15, 0.2) is 0 Å². The van der Waals surface area contributed by atoms with Crippen LogP contribution in [0.3, 0.4) is 0 Å². The summed E-state index contributed by atoms with van der Waals surface area (Å²) in [6, 6.07) is 18.0. The summed E-state index contributed by atoms with van der Waals surface area (Å²) in [6.07, 6.45) is 0. The summed E-state index contributed by atoms with van der Waals surface area (Å²) in [5.74, 6) is 1.20. The Balaban J connectivity index is 1.52. The molecule has 0 unspecified atom stereocenters. The van der Waals surface area contributed by atoms with Crippen molar-refractivity contribution < 1.29 is 14.0 Å². The van der Waals surface area contributed by atoms with E-state index in [-0.39, 0.29) is 18.4 Å². The van der Waals surface area contributed by atoms with Gasteiger partial charge in [0, 0.05) is 28.9 Å². The summed E-state index contributed by atoms with van der Waals surface area (Å²) in [5.41, 5.74) is 2.12. The van der Waals surface area contributed by atoms with Gasteiger partial charge in [-0.05, 0) is 67.7 Å². The van der Waals surface area contributed by atoms with Gasteiger partial charge in [-0.3, -0.25) is 14.5 Å². The van der Waals surface area contributed by atoms with Gasteiger partial charge in [0.1, 0.15) is 11.5 Å². The van der Waals surface area contributed by atoms with E-state index >= 15 is 0 Å². The first kappa shape index (κ1) is 20.6. The van der Waals surface area contributed by atoms with Crippen LogP contribution in [0.25, 0.3) is 11.3 Å². The standard InChI is InChI=1S/C22H22ClN3O3/c1-24-22(28)16-5-9-18(10-6-16)25-21(27)14-26(2)13-19-11-12-20(29-19)15-3-7-17(23)8-4-15/h3-12H,13-14H2,1-2H3,(H,24,28)(H,25,27). The van der Waals surface area contributed by atoms with E-state index in [1.165, 1.54) is 0 Å². The highest BCUT2D eigenvalue weighted by molar-refractivity contribution is 6.30. The summed E-state index contributed by atoms with van der Waals surface area (Å²) in [6.45, 7) is 0.699. The van der Waals surface area contributed by atoms with Crippen LogP contribution in [0.5, 0.6) is 0 Å². The van der Waals surface area contributed by atoms with Gasteiger partial charge in [0.05, 0.1) is 13.1 Å². The highest BCUT2D eigenvalue weighted by atomic mass is 35.5. The maximum Gasteiger partial charge on any atom is 0.251 e. The molecule has 3 rings (SSSR count). The molecule has 3 aromatic rings. The van der Waals surface area contributed by atoms with E-state index in [1.54, 1.807) is 31.3 Å². The van der Waals surface area contributed by atoms with Crippen molar-refractivity contribution in [3.05, 3.63) is 77.0 Å². The molecule has 0 saturated carbocycles. The van der Waals surface area contributed by atoms with E-state index < -0.39 is 0 Å². The third-order valence-corrected chi connectivity index (χ3v) is 4.54. The molecule has 1 aromatic heterocycles. The zero-order chi connectivity index (χ0) is 20.8. The van der Waals surface area contributed by atoms with Gasteiger partial charge in [0.25, 0.3) is 5.91 Å². The van der Waals surface area contributed by atoms with E-state index in [4.69, 9.17) is 16.0 Å². The van der Waals surface area contributed by atoms with Crippen molar-refractivity contribution in [2.24, 2.45) is 0 Å². The van der Waals surface area contributed by atoms with E-state index in [0.717, 1.165) is 17.1 Å². The average Bonchev–Trinajstić information content (AvgIpc) is 3.16. The van der Waals surface area contributed by atoms with Crippen molar-refractivity contribution in [1.29, 1.82) is 0 Å². The minimum Gasteiger partial charge on any atom is -0.460 e. The predicted molar refractivity (Wildman–Crippen MR) is 114 cm³/mol. The van der Waals surface area contributed by atoms with Crippen LogP contribution in [0, 0.1) is 0 Å². The van der Waals surface area contributed by atoms with Gasteiger partial charge in [-0.1, -0.05) is 11.6 Å². The highest BCUT2D eigenvalue weighted by Gasteiger charge is 2.11. The number of hydrogen-bond donors (Lipinski definition) is 2. The second-order valence-electron chi connectivity index (χ2n) is 6.65. The van der Waals surface area contributed by atoms with Crippen LogP contribution >= 0.6 is 11.6 Å². The van der Waals surface area contributed by atoms with Crippen LogP contribution in [-0.4, -0.2) is 37.4 Å². The molecule has 0 aliphatic heterocycles. The van der Waals surface area contributed by atoms with Crippen LogP contribution in [0.2, 0.25) is 5.02 Å². The average molecular weight is 412 g/mol. The number of carbonyl (C=O) groups excluding carboxylic acids is 2. The van der Waals surface area contributed by atoms with E-state index in [0.29, 0.717) is 22.8 Å². The number of nitrogens with one attached hydrogen (secondary N) is 2. The molecule has 7 heteroatoms. The third-order valence-electron chi connectivity index (χ3n) is 4.29. The molecule has 0 aliphatic rings. The Bertz CT molecular complexity index is 981. The molecule has 0 spiro atoms. The molecule has 0 bridgehead atoms. The van der Waals surface area contributed by atoms with Crippen LogP contribution in [0.4, 0.5) is 5.69 Å². The molecular weight excluding hydrogens is 390 g/mol. The van der Waals surface area contributed by atoms with E-state index in [2.05, 4.69) is 10.6 Å². The number of anilines is 1. The Morgan fingerprint density at radius 1 is 1.00 bits per heavy atom. The van der Waals surface area contributed by atoms with Gasteiger partial charge < -0.3 is 15.1 Å². The number of halogens is 1. The highest BCUT2D eigenvalue weighted by Crippen LogP contribution is 2.24. The van der Waals surface area contributed by atoms with Crippen molar-refractivity contribution in [1.82, 2.24) is 10.2 Å². The monoisotopic (exact) mass is 411 g/mol. The summed E-state index contributed by atoms with van der Waals surface area (Å²) < 4.78 is 5.87. The molecular formula is C22H22ClN3O3. The van der Waals surface area contributed by atoms with Crippen molar-refractivity contribution in [3.8, 4) is 11.3 Å². The minimum atomic E-state index is -0.168. The lowest BCUT2D eigenvalue weighted by atomic mass is 10.2. The van der Waals surface area contributed by atoms with Gasteiger partial charge >= 0.3 is 0 Å². The topological polar surface area (TPSA) is 74.6 Å². The second-order valence-corrected chi connectivity index (χ2v) is 7.09. The van der Waals surface area contributed by atoms with E-state index in [9.17, 15) is 9.59 Å². The minimum absolute atomic E-state index is 0.148. The molecule has 29 heavy (non-hydrogen) atoms. The number of hydrogen-bond acceptors (Lipinski definition) is 4. The van der Waals surface area contributed by atoms with Crippen molar-refractivity contribution in [2.75, 3.05) is 26.0 Å². The molecule has 0 atom stereocenters. The molecule has 6 nitrogen and oxygen atoms in total. The smallest absolute Gasteiger partial charge is 0.251 e. The normalized spacial score (nSPS) is 10.8. The van der Waals surface area contributed by atoms with Crippen LogP contribution in [-0.2, 0) is 11.3 Å². The Labute approximate surface area is 174 Å². The fraction of sp³-hybridized carbons (Fsp3) is 0.182. The first-order valence-electron chi connectivity index (χ1n) is 9.10. The van der Waals surface area contributed by atoms with Crippen LogP contribution in [0.1, 0.15) is 16.1 Å². The molecule has 0 radical (unpaired) electrons. The second kappa shape index (κ2) is 9.41. The quantitative estimate of drug-likeness (QED) is 0.615. The number of likely N-dealkylation sites (N-methyl/N-ethyl adjacent to an activating group) is 1. The van der Waals surface area contributed by atoms with E-state index in [1.807, 2.05) is 48.3 Å². The molecule has 0 fully saturated rings. The number of benzene rings is 2. The maximum absolute atomic E-state index is 12.3. The van der Waals surface area contributed by atoms with Crippen LogP contribution < -0.4 is 10.6 Å². The Kier molecular flexibility index (Phi) is 6.69. The van der Waals surface area contributed by atoms with Crippen molar-refractivity contribution in [2.45, 2.75) is 6.54 Å². The Hall–Kier alpha value is -3.09. The lowest BCUT2D eigenvalue weighted by Crippen LogP contribution is -2.29. The molecule has 2 N–H and O–H groups in total. The first-order valence-corrected chi connectivity index (χ1v) is 9.47. The Morgan fingerprint density at radius 2 is 1.69 bits per heavy atom. The molecule has 150 valence electrons. The number of amides is 2. The van der Waals surface area contributed by atoms with Gasteiger partial charge in [-0.2, -0.15) is 0 Å². The van der Waals surface area contributed by atoms with Crippen molar-refractivity contribution >= 4 is 29.1 Å². The summed E-state index contributed by atoms with van der Waals surface area (Å²) in [5, 5.41) is 6.06. The zero-order valence-electron chi connectivity index (χ0n) is 16.2. The third kappa shape index (κ3) is 5.70. The number of furan rings is 1. The largest absolute Gasteiger partial charge is 0.460 e. The molecule has 0 aliphatic carbocycles. The summed E-state index contributed by atoms with van der Waals surface area (Å²) >= 11 is 5.91. The first-order chi connectivity index (χ1) is 13.9. The number of carbonyl (C=O) groups is 2. The number of rotatable bonds is 7. The predicted octanol–water partition coefficient (Wildman–Crippen LogP) is 4.03. The molecule has 0 saturated heterocycles. The molecule has 2 aromatic carbocycles. The lowest BCUT2D eigenvalue weighted by Gasteiger charge is -2.15. The van der Waals surface area contributed by atoms with Crippen LogP contribution in [0.15, 0.2) is 65.1 Å². The fourth-order valence-corrected chi connectivity index (χ4v) is 2.98. The summed E-state index contributed by atoms with van der Waals surface area (Å²) in [7, 11) is 3.42. The zero-order valence-corrected chi connectivity index (χ0v) is 17.0. The SMILES string of the molecule is CNC(=O)c1ccc(NC(=O)CN(C)Cc2ccc(-c3ccc(Cl)cc3)o2)cc1. The van der Waals surface area contributed by atoms with Gasteiger partial charge in [-0.25, -0.2) is 0 Å². The number of nitrogens with zero attached hydrogens (tertiary/aromatic N) is 1. The van der Waals surface area contributed by atoms with Gasteiger partial charge in [0.2, 0.25) is 5.91 Å². The molecule has 1 heterocycles. The molecule has 2 amide bonds. The Morgan fingerprint density at radius 3 is 2.34 bits per heavy atom. The summed E-state index contributed by atoms with van der Waals surface area (Å²) in [4.78, 5) is 25.7. The lowest BCUT2D eigenvalue weighted by molar-refractivity contribution is -0.117.